The Morgan fingerprint density at radius 1 is 0.391 bits per heavy atom. The van der Waals surface area contributed by atoms with Crippen LogP contribution in [0.4, 0.5) is 34.1 Å². The smallest absolute Gasteiger partial charge is 0.139 e. The van der Waals surface area contributed by atoms with Crippen LogP contribution in [-0.4, -0.2) is 0 Å². The molecule has 4 heteroatoms. The van der Waals surface area contributed by atoms with Crippen molar-refractivity contribution in [1.29, 1.82) is 0 Å². The maximum absolute atomic E-state index is 6.82. The fraction of sp³-hybridized carbons (Fsp3) is 0. The van der Waals surface area contributed by atoms with Gasteiger partial charge in [-0.25, -0.2) is 0 Å². The number of anilines is 6. The number of fused-ring (bicyclic) bond motifs is 3. The molecular formula is C42H29ClN2O. The predicted octanol–water partition coefficient (Wildman–Crippen LogP) is 12.8. The molecule has 0 bridgehead atoms. The number of hydrogen-bond acceptors (Lipinski definition) is 3. The van der Waals surface area contributed by atoms with Crippen LogP contribution in [0.25, 0.3) is 33.1 Å². The molecule has 46 heavy (non-hydrogen) atoms. The quantitative estimate of drug-likeness (QED) is 0.178. The minimum absolute atomic E-state index is 0.610. The maximum Gasteiger partial charge on any atom is 0.139 e. The molecule has 8 aromatic rings. The highest BCUT2D eigenvalue weighted by atomic mass is 35.5. The highest BCUT2D eigenvalue weighted by molar-refractivity contribution is 6.32. The van der Waals surface area contributed by atoms with Crippen molar-refractivity contribution in [3.63, 3.8) is 0 Å². The van der Waals surface area contributed by atoms with Crippen molar-refractivity contribution in [3.8, 4) is 11.1 Å². The molecule has 8 rings (SSSR count). The summed E-state index contributed by atoms with van der Waals surface area (Å²) in [7, 11) is 0. The topological polar surface area (TPSA) is 19.6 Å². The van der Waals surface area contributed by atoms with Gasteiger partial charge in [-0.2, -0.15) is 0 Å². The second-order valence-electron chi connectivity index (χ2n) is 11.2. The van der Waals surface area contributed by atoms with Gasteiger partial charge in [0.1, 0.15) is 11.2 Å². The molecule has 0 fully saturated rings. The van der Waals surface area contributed by atoms with Crippen LogP contribution in [-0.2, 0) is 0 Å². The molecule has 0 spiro atoms. The van der Waals surface area contributed by atoms with Gasteiger partial charge in [-0.3, -0.25) is 0 Å². The van der Waals surface area contributed by atoms with E-state index in [9.17, 15) is 0 Å². The van der Waals surface area contributed by atoms with E-state index in [2.05, 4.69) is 149 Å². The number of nitrogens with zero attached hydrogens (tertiary/aromatic N) is 2. The van der Waals surface area contributed by atoms with Crippen LogP contribution in [0, 0.1) is 0 Å². The van der Waals surface area contributed by atoms with E-state index in [1.807, 2.05) is 36.4 Å². The molecule has 0 radical (unpaired) electrons. The zero-order chi connectivity index (χ0) is 30.9. The van der Waals surface area contributed by atoms with Gasteiger partial charge in [-0.05, 0) is 83.9 Å². The van der Waals surface area contributed by atoms with Crippen LogP contribution in [0.3, 0.4) is 0 Å². The van der Waals surface area contributed by atoms with Crippen LogP contribution in [0.15, 0.2) is 180 Å². The zero-order valence-electron chi connectivity index (χ0n) is 24.9. The monoisotopic (exact) mass is 612 g/mol. The van der Waals surface area contributed by atoms with Gasteiger partial charge < -0.3 is 14.2 Å². The summed E-state index contributed by atoms with van der Waals surface area (Å²) in [5, 5.41) is 2.62. The van der Waals surface area contributed by atoms with Crippen molar-refractivity contribution in [3.05, 3.63) is 181 Å². The van der Waals surface area contributed by atoms with Crippen molar-refractivity contribution in [2.45, 2.75) is 0 Å². The molecule has 1 heterocycles. The fourth-order valence-corrected chi connectivity index (χ4v) is 6.40. The summed E-state index contributed by atoms with van der Waals surface area (Å²) in [6, 6.07) is 60.7. The minimum Gasteiger partial charge on any atom is -0.456 e. The summed E-state index contributed by atoms with van der Waals surface area (Å²) < 4.78 is 6.49. The van der Waals surface area contributed by atoms with Crippen molar-refractivity contribution in [2.75, 3.05) is 9.80 Å². The molecule has 220 valence electrons. The van der Waals surface area contributed by atoms with E-state index in [0.29, 0.717) is 5.02 Å². The van der Waals surface area contributed by atoms with Gasteiger partial charge in [-0.15, -0.1) is 0 Å². The highest BCUT2D eigenvalue weighted by Crippen LogP contribution is 2.46. The average molecular weight is 613 g/mol. The first-order valence-electron chi connectivity index (χ1n) is 15.3. The zero-order valence-corrected chi connectivity index (χ0v) is 25.7. The number of para-hydroxylation sites is 3. The number of rotatable bonds is 7. The van der Waals surface area contributed by atoms with Gasteiger partial charge in [-0.1, -0.05) is 109 Å². The standard InChI is InChI=1S/C42H29ClN2O/c43-32-27-39(45(35-19-11-4-12-20-35)36-23-21-31(22-24-36)30-13-5-1-6-14-30)42-38-29-37(25-26-40(38)46-41(42)28-32)44(33-15-7-2-8-16-33)34-17-9-3-10-18-34/h1-29H. The van der Waals surface area contributed by atoms with Crippen molar-refractivity contribution >= 4 is 67.7 Å². The Labute approximate surface area is 273 Å². The molecule has 0 N–H and O–H groups in total. The Kier molecular flexibility index (Phi) is 7.22. The molecule has 7 aromatic carbocycles. The van der Waals surface area contributed by atoms with Gasteiger partial charge in [0.15, 0.2) is 0 Å². The lowest BCUT2D eigenvalue weighted by Gasteiger charge is -2.27. The third-order valence-electron chi connectivity index (χ3n) is 8.27. The maximum atomic E-state index is 6.82. The molecule has 0 amide bonds. The van der Waals surface area contributed by atoms with Gasteiger partial charge in [0.25, 0.3) is 0 Å². The average Bonchev–Trinajstić information content (AvgIpc) is 3.48. The third kappa shape index (κ3) is 5.17. The lowest BCUT2D eigenvalue weighted by Crippen LogP contribution is -2.10. The molecular weight excluding hydrogens is 584 g/mol. The molecule has 3 nitrogen and oxygen atoms in total. The Morgan fingerprint density at radius 3 is 1.46 bits per heavy atom. The van der Waals surface area contributed by atoms with Crippen LogP contribution in [0.1, 0.15) is 0 Å². The van der Waals surface area contributed by atoms with E-state index < -0.39 is 0 Å². The van der Waals surface area contributed by atoms with Gasteiger partial charge >= 0.3 is 0 Å². The Hall–Kier alpha value is -5.77. The molecule has 0 unspecified atom stereocenters. The molecule has 0 aliphatic carbocycles. The van der Waals surface area contributed by atoms with Crippen LogP contribution in [0.5, 0.6) is 0 Å². The fourth-order valence-electron chi connectivity index (χ4n) is 6.19. The highest BCUT2D eigenvalue weighted by Gasteiger charge is 2.22. The van der Waals surface area contributed by atoms with E-state index in [-0.39, 0.29) is 0 Å². The van der Waals surface area contributed by atoms with Crippen molar-refractivity contribution in [2.24, 2.45) is 0 Å². The van der Waals surface area contributed by atoms with Crippen LogP contribution < -0.4 is 9.80 Å². The number of benzene rings is 7. The number of hydrogen-bond donors (Lipinski definition) is 0. The van der Waals surface area contributed by atoms with Gasteiger partial charge in [0, 0.05) is 44.9 Å². The first-order chi connectivity index (χ1) is 22.7. The summed E-state index contributed by atoms with van der Waals surface area (Å²) in [6.45, 7) is 0. The van der Waals surface area contributed by atoms with E-state index in [4.69, 9.17) is 16.0 Å². The Morgan fingerprint density at radius 2 is 0.870 bits per heavy atom. The summed E-state index contributed by atoms with van der Waals surface area (Å²) in [5.41, 5.74) is 10.1. The number of halogens is 1. The molecule has 0 saturated heterocycles. The van der Waals surface area contributed by atoms with E-state index in [1.165, 1.54) is 5.56 Å². The van der Waals surface area contributed by atoms with E-state index >= 15 is 0 Å². The third-order valence-corrected chi connectivity index (χ3v) is 8.49. The SMILES string of the molecule is Clc1cc(N(c2ccccc2)c2ccc(-c3ccccc3)cc2)c2c(c1)oc1ccc(N(c3ccccc3)c3ccccc3)cc12. The molecule has 0 atom stereocenters. The summed E-state index contributed by atoms with van der Waals surface area (Å²) in [6.07, 6.45) is 0. The van der Waals surface area contributed by atoms with Gasteiger partial charge in [0.2, 0.25) is 0 Å². The van der Waals surface area contributed by atoms with Crippen molar-refractivity contribution in [1.82, 2.24) is 0 Å². The van der Waals surface area contributed by atoms with Gasteiger partial charge in [0.05, 0.1) is 11.1 Å². The largest absolute Gasteiger partial charge is 0.456 e. The van der Waals surface area contributed by atoms with Crippen LogP contribution >= 0.6 is 11.6 Å². The van der Waals surface area contributed by atoms with E-state index in [1.54, 1.807) is 0 Å². The molecule has 0 aliphatic rings. The summed E-state index contributed by atoms with van der Waals surface area (Å²) in [4.78, 5) is 4.53. The second-order valence-corrected chi connectivity index (χ2v) is 11.6. The Bertz CT molecular complexity index is 2210. The van der Waals surface area contributed by atoms with E-state index in [0.717, 1.165) is 61.6 Å². The van der Waals surface area contributed by atoms with Crippen LogP contribution in [0.2, 0.25) is 5.02 Å². The summed E-state index contributed by atoms with van der Waals surface area (Å²) >= 11 is 6.82. The molecule has 0 saturated carbocycles. The van der Waals surface area contributed by atoms with Crippen molar-refractivity contribution < 1.29 is 4.42 Å². The Balaban J connectivity index is 1.34. The number of furan rings is 1. The molecule has 1 aromatic heterocycles. The normalized spacial score (nSPS) is 11.2. The first-order valence-corrected chi connectivity index (χ1v) is 15.7. The predicted molar refractivity (Wildman–Crippen MR) is 194 cm³/mol. The minimum atomic E-state index is 0.610. The first kappa shape index (κ1) is 27.8. The lowest BCUT2D eigenvalue weighted by atomic mass is 10.0. The molecule has 0 aliphatic heterocycles. The lowest BCUT2D eigenvalue weighted by molar-refractivity contribution is 0.669. The summed E-state index contributed by atoms with van der Waals surface area (Å²) in [5.74, 6) is 0. The second kappa shape index (κ2) is 12.0.